The predicted molar refractivity (Wildman–Crippen MR) is 52.5 cm³/mol. The number of rotatable bonds is 3. The fourth-order valence-electron chi connectivity index (χ4n) is 1.32. The summed E-state index contributed by atoms with van der Waals surface area (Å²) in [6.45, 7) is 0. The zero-order valence-electron chi connectivity index (χ0n) is 8.44. The molecule has 7 heteroatoms. The number of hydrogen-bond acceptors (Lipinski definition) is 3. The Hall–Kier alpha value is -2.31. The maximum Gasteiger partial charge on any atom is 0.375 e. The average molecular weight is 239 g/mol. The lowest BCUT2D eigenvalue weighted by molar-refractivity contribution is 0.0684. The van der Waals surface area contributed by atoms with Crippen LogP contribution >= 0.6 is 0 Å². The lowest BCUT2D eigenvalue weighted by Gasteiger charge is -1.99. The van der Waals surface area contributed by atoms with Crippen LogP contribution in [0.4, 0.5) is 8.78 Å². The summed E-state index contributed by atoms with van der Waals surface area (Å²) >= 11 is 0. The highest BCUT2D eigenvalue weighted by Gasteiger charge is 2.12. The van der Waals surface area contributed by atoms with Gasteiger partial charge in [0.05, 0.1) is 0 Å². The first-order valence-electron chi connectivity index (χ1n) is 4.65. The second kappa shape index (κ2) is 4.28. The Kier molecular flexibility index (Phi) is 2.82. The Balaban J connectivity index is 2.22. The average Bonchev–Trinajstić information content (AvgIpc) is 2.71. The fraction of sp³-hybridized carbons (Fsp3) is 0.100. The summed E-state index contributed by atoms with van der Waals surface area (Å²) in [5.41, 5.74) is 0.208. The molecule has 1 heterocycles. The molecule has 0 spiro atoms. The maximum atomic E-state index is 13.3. The highest BCUT2D eigenvalue weighted by Crippen LogP contribution is 2.12. The van der Waals surface area contributed by atoms with Crippen molar-refractivity contribution in [2.45, 2.75) is 6.42 Å². The van der Waals surface area contributed by atoms with Gasteiger partial charge in [0.1, 0.15) is 17.5 Å². The molecule has 2 rings (SSSR count). The van der Waals surface area contributed by atoms with Crippen LogP contribution in [0, 0.1) is 11.6 Å². The van der Waals surface area contributed by atoms with Crippen molar-refractivity contribution in [3.05, 3.63) is 47.0 Å². The van der Waals surface area contributed by atoms with Gasteiger partial charge in [-0.3, -0.25) is 5.10 Å². The van der Waals surface area contributed by atoms with Crippen LogP contribution in [0.15, 0.2) is 18.2 Å². The van der Waals surface area contributed by atoms with E-state index in [1.807, 2.05) is 0 Å². The number of carboxylic acids is 1. The van der Waals surface area contributed by atoms with E-state index in [0.29, 0.717) is 0 Å². The van der Waals surface area contributed by atoms with E-state index in [2.05, 4.69) is 15.2 Å². The third-order valence-electron chi connectivity index (χ3n) is 2.10. The zero-order chi connectivity index (χ0) is 12.4. The number of aromatic amines is 1. The number of nitrogens with zero attached hydrogens (tertiary/aromatic N) is 2. The molecule has 0 saturated heterocycles. The number of aromatic carboxylic acids is 1. The van der Waals surface area contributed by atoms with Crippen molar-refractivity contribution in [3.8, 4) is 0 Å². The van der Waals surface area contributed by atoms with E-state index in [4.69, 9.17) is 5.11 Å². The minimum atomic E-state index is -1.27. The van der Waals surface area contributed by atoms with Gasteiger partial charge >= 0.3 is 5.97 Å². The molecule has 1 aromatic carbocycles. The van der Waals surface area contributed by atoms with Crippen LogP contribution in [0.25, 0.3) is 0 Å². The van der Waals surface area contributed by atoms with Crippen LogP contribution in [-0.4, -0.2) is 26.3 Å². The van der Waals surface area contributed by atoms with E-state index in [-0.39, 0.29) is 23.6 Å². The molecule has 0 bridgehead atoms. The summed E-state index contributed by atoms with van der Waals surface area (Å²) in [6, 6.07) is 3.14. The number of halogens is 2. The maximum absolute atomic E-state index is 13.3. The summed E-state index contributed by atoms with van der Waals surface area (Å²) in [5.74, 6) is -2.84. The van der Waals surface area contributed by atoms with Gasteiger partial charge in [-0.1, -0.05) is 6.07 Å². The zero-order valence-corrected chi connectivity index (χ0v) is 8.44. The fourth-order valence-corrected chi connectivity index (χ4v) is 1.32. The summed E-state index contributed by atoms with van der Waals surface area (Å²) in [7, 11) is 0. The molecule has 88 valence electrons. The van der Waals surface area contributed by atoms with Gasteiger partial charge in [-0.2, -0.15) is 0 Å². The number of carboxylic acid groups (broad SMARTS) is 1. The monoisotopic (exact) mass is 239 g/mol. The van der Waals surface area contributed by atoms with E-state index in [9.17, 15) is 13.6 Å². The second-order valence-corrected chi connectivity index (χ2v) is 3.32. The highest BCUT2D eigenvalue weighted by molar-refractivity contribution is 5.82. The number of hydrogen-bond donors (Lipinski definition) is 2. The molecule has 0 saturated carbocycles. The molecule has 0 aliphatic rings. The second-order valence-electron chi connectivity index (χ2n) is 3.32. The van der Waals surface area contributed by atoms with Crippen molar-refractivity contribution >= 4 is 5.97 Å². The van der Waals surface area contributed by atoms with Crippen LogP contribution in [0.2, 0.25) is 0 Å². The van der Waals surface area contributed by atoms with Crippen LogP contribution in [0.5, 0.6) is 0 Å². The third-order valence-corrected chi connectivity index (χ3v) is 2.10. The summed E-state index contributed by atoms with van der Waals surface area (Å²) in [5, 5.41) is 14.4. The van der Waals surface area contributed by atoms with E-state index in [1.54, 1.807) is 0 Å². The van der Waals surface area contributed by atoms with Gasteiger partial charge in [0, 0.05) is 12.5 Å². The number of nitrogens with one attached hydrogen (secondary N) is 1. The van der Waals surface area contributed by atoms with E-state index >= 15 is 0 Å². The van der Waals surface area contributed by atoms with Gasteiger partial charge in [0.15, 0.2) is 0 Å². The van der Waals surface area contributed by atoms with Gasteiger partial charge in [0.25, 0.3) is 5.82 Å². The van der Waals surface area contributed by atoms with Crippen LogP contribution in [0.3, 0.4) is 0 Å². The molecule has 2 N–H and O–H groups in total. The molecule has 1 aromatic heterocycles. The van der Waals surface area contributed by atoms with Gasteiger partial charge < -0.3 is 5.11 Å². The lowest BCUT2D eigenvalue weighted by Crippen LogP contribution is -1.99. The van der Waals surface area contributed by atoms with E-state index in [0.717, 1.165) is 12.1 Å². The summed E-state index contributed by atoms with van der Waals surface area (Å²) in [6.07, 6.45) is 0.0202. The Morgan fingerprint density at radius 3 is 2.76 bits per heavy atom. The van der Waals surface area contributed by atoms with Crippen molar-refractivity contribution in [1.82, 2.24) is 15.2 Å². The molecular weight excluding hydrogens is 232 g/mol. The molecule has 17 heavy (non-hydrogen) atoms. The van der Waals surface area contributed by atoms with Crippen molar-refractivity contribution < 1.29 is 18.7 Å². The standard InChI is InChI=1S/C10H7F2N3O2/c11-6-2-1-5(7(12)4-6)3-8-13-9(10(16)17)15-14-8/h1-2,4H,3H2,(H,16,17)(H,13,14,15). The van der Waals surface area contributed by atoms with Crippen molar-refractivity contribution in [3.63, 3.8) is 0 Å². The Labute approximate surface area is 94.1 Å². The SMILES string of the molecule is O=C(O)c1n[nH]c(Cc2ccc(F)cc2F)n1. The van der Waals surface area contributed by atoms with Gasteiger partial charge in [0.2, 0.25) is 0 Å². The van der Waals surface area contributed by atoms with Gasteiger partial charge in [-0.25, -0.2) is 18.6 Å². The smallest absolute Gasteiger partial charge is 0.375 e. The topological polar surface area (TPSA) is 78.9 Å². The van der Waals surface area contributed by atoms with Crippen molar-refractivity contribution in [2.75, 3.05) is 0 Å². The minimum absolute atomic E-state index is 0.0202. The largest absolute Gasteiger partial charge is 0.475 e. The Morgan fingerprint density at radius 2 is 2.18 bits per heavy atom. The quantitative estimate of drug-likeness (QED) is 0.847. The normalized spacial score (nSPS) is 10.5. The number of benzene rings is 1. The summed E-state index contributed by atoms with van der Waals surface area (Å²) < 4.78 is 25.9. The van der Waals surface area contributed by atoms with Crippen LogP contribution in [-0.2, 0) is 6.42 Å². The molecule has 0 unspecified atom stereocenters. The molecule has 0 aliphatic heterocycles. The van der Waals surface area contributed by atoms with Gasteiger partial charge in [-0.15, -0.1) is 5.10 Å². The highest BCUT2D eigenvalue weighted by atomic mass is 19.1. The lowest BCUT2D eigenvalue weighted by atomic mass is 10.1. The summed E-state index contributed by atoms with van der Waals surface area (Å²) in [4.78, 5) is 14.2. The first kappa shape index (κ1) is 11.2. The minimum Gasteiger partial charge on any atom is -0.475 e. The Bertz CT molecular complexity index is 568. The molecule has 0 atom stereocenters. The first-order chi connectivity index (χ1) is 8.06. The van der Waals surface area contributed by atoms with Crippen molar-refractivity contribution in [2.24, 2.45) is 0 Å². The molecule has 2 aromatic rings. The number of carbonyl (C=O) groups is 1. The molecule has 5 nitrogen and oxygen atoms in total. The molecule has 0 fully saturated rings. The first-order valence-corrected chi connectivity index (χ1v) is 4.65. The number of aromatic nitrogens is 3. The molecule has 0 amide bonds. The third kappa shape index (κ3) is 2.44. The van der Waals surface area contributed by atoms with E-state index in [1.165, 1.54) is 6.07 Å². The van der Waals surface area contributed by atoms with Crippen LogP contribution in [0.1, 0.15) is 22.0 Å². The predicted octanol–water partition coefficient (Wildman–Crippen LogP) is 1.37. The number of H-pyrrole nitrogens is 1. The van der Waals surface area contributed by atoms with Crippen LogP contribution < -0.4 is 0 Å². The molecule has 0 aliphatic carbocycles. The molecular formula is C10H7F2N3O2. The van der Waals surface area contributed by atoms with Crippen molar-refractivity contribution in [1.29, 1.82) is 0 Å². The van der Waals surface area contributed by atoms with E-state index < -0.39 is 17.6 Å². The van der Waals surface area contributed by atoms with Gasteiger partial charge in [-0.05, 0) is 11.6 Å². The Morgan fingerprint density at radius 1 is 1.41 bits per heavy atom. The molecule has 0 radical (unpaired) electrons.